The maximum Gasteiger partial charge on any atom is 0.229 e. The fourth-order valence-electron chi connectivity index (χ4n) is 5.52. The summed E-state index contributed by atoms with van der Waals surface area (Å²) in [6.45, 7) is 9.81. The Labute approximate surface area is 232 Å². The second-order valence-corrected chi connectivity index (χ2v) is 11.3. The molecule has 0 unspecified atom stereocenters. The van der Waals surface area contributed by atoms with Crippen molar-refractivity contribution < 1.29 is 13.5 Å². The van der Waals surface area contributed by atoms with Crippen molar-refractivity contribution >= 4 is 22.8 Å². The van der Waals surface area contributed by atoms with Crippen LogP contribution in [0.1, 0.15) is 57.0 Å². The summed E-state index contributed by atoms with van der Waals surface area (Å²) in [6, 6.07) is 6.81. The van der Waals surface area contributed by atoms with Crippen LogP contribution in [0.25, 0.3) is 22.3 Å². The molecule has 2 aliphatic rings. The van der Waals surface area contributed by atoms with Crippen LogP contribution < -0.4 is 5.32 Å². The minimum absolute atomic E-state index is 0.000609. The fourth-order valence-corrected chi connectivity index (χ4v) is 5.52. The number of benzene rings is 1. The number of rotatable bonds is 9. The molecule has 8 nitrogen and oxygen atoms in total. The Balaban J connectivity index is 1.11. The summed E-state index contributed by atoms with van der Waals surface area (Å²) in [4.78, 5) is 19.8. The highest BCUT2D eigenvalue weighted by molar-refractivity contribution is 5.83. The Bertz CT molecular complexity index is 1490. The molecule has 0 radical (unpaired) electrons. The molecule has 4 heterocycles. The van der Waals surface area contributed by atoms with Gasteiger partial charge in [0.05, 0.1) is 24.4 Å². The number of likely N-dealkylation sites (tertiary alicyclic amines) is 1. The molecule has 4 aromatic rings. The van der Waals surface area contributed by atoms with E-state index in [0.717, 1.165) is 43.6 Å². The average Bonchev–Trinajstić information content (AvgIpc) is 3.69. The van der Waals surface area contributed by atoms with Gasteiger partial charge in [-0.3, -0.25) is 0 Å². The first-order valence-electron chi connectivity index (χ1n) is 14.1. The van der Waals surface area contributed by atoms with Crippen molar-refractivity contribution in [1.82, 2.24) is 29.4 Å². The molecule has 6 rings (SSSR count). The molecule has 1 aliphatic carbocycles. The van der Waals surface area contributed by atoms with Crippen LogP contribution >= 0.6 is 0 Å². The number of fused-ring (bicyclic) bond motifs is 1. The van der Waals surface area contributed by atoms with Crippen LogP contribution in [0, 0.1) is 24.5 Å². The third-order valence-corrected chi connectivity index (χ3v) is 7.76. The maximum absolute atomic E-state index is 15.0. The van der Waals surface area contributed by atoms with Gasteiger partial charge in [-0.1, -0.05) is 6.07 Å². The standard InChI is InChI=1S/C30H35F2N7O/c1-18(2)39-19(3)35-29-24(31)12-22(13-26(29)39)28-25(32)15-34-30(37-28)36-27-7-6-21(14-33-27)17-40-23-8-10-38(11-9-23)16-20-4-5-20/h6-7,12-15,18,20,23H,4-5,8-11,16-17H2,1-3H3,(H,33,34,36,37). The number of halogens is 2. The Kier molecular flexibility index (Phi) is 7.46. The smallest absolute Gasteiger partial charge is 0.229 e. The summed E-state index contributed by atoms with van der Waals surface area (Å²) in [5.41, 5.74) is 2.15. The number of hydrogen-bond acceptors (Lipinski definition) is 7. The molecule has 1 saturated heterocycles. The number of nitrogens with zero attached hydrogens (tertiary/aromatic N) is 6. The van der Waals surface area contributed by atoms with Gasteiger partial charge in [-0.05, 0) is 76.1 Å². The zero-order valence-corrected chi connectivity index (χ0v) is 23.2. The summed E-state index contributed by atoms with van der Waals surface area (Å²) in [5, 5.41) is 3.03. The van der Waals surface area contributed by atoms with Crippen LogP contribution in [0.15, 0.2) is 36.7 Å². The second-order valence-electron chi connectivity index (χ2n) is 11.3. The van der Waals surface area contributed by atoms with Gasteiger partial charge in [-0.15, -0.1) is 0 Å². The lowest BCUT2D eigenvalue weighted by atomic mass is 10.1. The fraction of sp³-hybridized carbons (Fsp3) is 0.467. The zero-order valence-electron chi connectivity index (χ0n) is 23.2. The molecule has 0 spiro atoms. The first-order valence-corrected chi connectivity index (χ1v) is 14.1. The van der Waals surface area contributed by atoms with Crippen molar-refractivity contribution in [3.8, 4) is 11.3 Å². The van der Waals surface area contributed by atoms with Crippen molar-refractivity contribution in [2.24, 2.45) is 5.92 Å². The van der Waals surface area contributed by atoms with Crippen LogP contribution in [-0.4, -0.2) is 55.1 Å². The van der Waals surface area contributed by atoms with E-state index in [1.807, 2.05) is 37.5 Å². The summed E-state index contributed by atoms with van der Waals surface area (Å²) < 4.78 is 37.9. The molecule has 40 heavy (non-hydrogen) atoms. The second kappa shape index (κ2) is 11.2. The first-order chi connectivity index (χ1) is 19.3. The third kappa shape index (κ3) is 5.83. The molecule has 0 bridgehead atoms. The van der Waals surface area contributed by atoms with E-state index in [1.54, 1.807) is 12.3 Å². The number of anilines is 2. The molecule has 1 aliphatic heterocycles. The Morgan fingerprint density at radius 3 is 2.50 bits per heavy atom. The van der Waals surface area contributed by atoms with Gasteiger partial charge in [0.15, 0.2) is 11.6 Å². The van der Waals surface area contributed by atoms with E-state index in [2.05, 4.69) is 30.2 Å². The highest BCUT2D eigenvalue weighted by Gasteiger charge is 2.27. The predicted molar refractivity (Wildman–Crippen MR) is 150 cm³/mol. The van der Waals surface area contributed by atoms with Crippen molar-refractivity contribution in [3.63, 3.8) is 0 Å². The molecule has 0 atom stereocenters. The van der Waals surface area contributed by atoms with E-state index in [1.165, 1.54) is 25.5 Å². The summed E-state index contributed by atoms with van der Waals surface area (Å²) in [7, 11) is 0. The van der Waals surface area contributed by atoms with Gasteiger partial charge < -0.3 is 19.5 Å². The predicted octanol–water partition coefficient (Wildman–Crippen LogP) is 6.19. The van der Waals surface area contributed by atoms with E-state index in [4.69, 9.17) is 4.74 Å². The van der Waals surface area contributed by atoms with Gasteiger partial charge in [0.1, 0.15) is 22.9 Å². The molecule has 1 saturated carbocycles. The SMILES string of the molecule is Cc1nc2c(F)cc(-c3nc(Nc4ccc(COC5CCN(CC6CC6)CC5)cn4)ncc3F)cc2n1C(C)C. The summed E-state index contributed by atoms with van der Waals surface area (Å²) in [5.74, 6) is 1.14. The molecule has 210 valence electrons. The largest absolute Gasteiger partial charge is 0.373 e. The van der Waals surface area contributed by atoms with Crippen molar-refractivity contribution in [1.29, 1.82) is 0 Å². The molecule has 10 heteroatoms. The van der Waals surface area contributed by atoms with Crippen molar-refractivity contribution in [3.05, 3.63) is 59.7 Å². The van der Waals surface area contributed by atoms with E-state index in [0.29, 0.717) is 29.3 Å². The van der Waals surface area contributed by atoms with Crippen LogP contribution in [0.2, 0.25) is 0 Å². The highest BCUT2D eigenvalue weighted by atomic mass is 19.1. The van der Waals surface area contributed by atoms with Gasteiger partial charge in [-0.25, -0.2) is 28.7 Å². The lowest BCUT2D eigenvalue weighted by molar-refractivity contribution is -0.00325. The Morgan fingerprint density at radius 1 is 1.00 bits per heavy atom. The number of imidazole rings is 1. The van der Waals surface area contributed by atoms with Gasteiger partial charge in [0, 0.05) is 37.4 Å². The average molecular weight is 548 g/mol. The van der Waals surface area contributed by atoms with Crippen LogP contribution in [0.4, 0.5) is 20.5 Å². The lowest BCUT2D eigenvalue weighted by Gasteiger charge is -2.31. The summed E-state index contributed by atoms with van der Waals surface area (Å²) >= 11 is 0. The molecule has 2 fully saturated rings. The first kappa shape index (κ1) is 26.7. The van der Waals surface area contributed by atoms with E-state index in [-0.39, 0.29) is 29.3 Å². The molecular weight excluding hydrogens is 512 g/mol. The van der Waals surface area contributed by atoms with Crippen molar-refractivity contribution in [2.75, 3.05) is 25.0 Å². The van der Waals surface area contributed by atoms with Gasteiger partial charge >= 0.3 is 0 Å². The van der Waals surface area contributed by atoms with Crippen LogP contribution in [-0.2, 0) is 11.3 Å². The normalized spacial score (nSPS) is 16.8. The topological polar surface area (TPSA) is 81.0 Å². The molecule has 1 N–H and O–H groups in total. The van der Waals surface area contributed by atoms with Crippen LogP contribution in [0.3, 0.4) is 0 Å². The minimum Gasteiger partial charge on any atom is -0.373 e. The number of aryl methyl sites for hydroxylation is 1. The van der Waals surface area contributed by atoms with Crippen LogP contribution in [0.5, 0.6) is 0 Å². The van der Waals surface area contributed by atoms with E-state index in [9.17, 15) is 8.78 Å². The third-order valence-electron chi connectivity index (χ3n) is 7.76. The molecule has 1 aromatic carbocycles. The highest BCUT2D eigenvalue weighted by Crippen LogP contribution is 2.32. The maximum atomic E-state index is 15.0. The minimum atomic E-state index is -0.643. The number of pyridine rings is 1. The lowest BCUT2D eigenvalue weighted by Crippen LogP contribution is -2.38. The van der Waals surface area contributed by atoms with Gasteiger partial charge in [0.2, 0.25) is 5.95 Å². The number of aromatic nitrogens is 5. The Hall–Kier alpha value is -3.50. The quantitative estimate of drug-likeness (QED) is 0.268. The van der Waals surface area contributed by atoms with Gasteiger partial charge in [0.25, 0.3) is 0 Å². The van der Waals surface area contributed by atoms with E-state index < -0.39 is 11.6 Å². The number of hydrogen-bond donors (Lipinski definition) is 1. The molecule has 3 aromatic heterocycles. The number of nitrogens with one attached hydrogen (secondary N) is 1. The van der Waals surface area contributed by atoms with E-state index >= 15 is 0 Å². The molecular formula is C30H35F2N7O. The molecule has 0 amide bonds. The monoisotopic (exact) mass is 547 g/mol. The van der Waals surface area contributed by atoms with Crippen molar-refractivity contribution in [2.45, 2.75) is 65.2 Å². The summed E-state index contributed by atoms with van der Waals surface area (Å²) in [6.07, 6.45) is 8.05. The zero-order chi connectivity index (χ0) is 27.8. The number of ether oxygens (including phenoxy) is 1. The van der Waals surface area contributed by atoms with Gasteiger partial charge in [-0.2, -0.15) is 0 Å². The number of piperidine rings is 1. The Morgan fingerprint density at radius 2 is 1.80 bits per heavy atom.